The van der Waals surface area contributed by atoms with E-state index in [0.717, 1.165) is 41.3 Å². The summed E-state index contributed by atoms with van der Waals surface area (Å²) >= 11 is 0. The molecule has 0 bridgehead atoms. The van der Waals surface area contributed by atoms with E-state index in [-0.39, 0.29) is 17.2 Å². The highest BCUT2D eigenvalue weighted by Gasteiger charge is 2.08. The van der Waals surface area contributed by atoms with Gasteiger partial charge in [-0.2, -0.15) is 5.10 Å². The highest BCUT2D eigenvalue weighted by atomic mass is 16.2. The Bertz CT molecular complexity index is 787. The predicted octanol–water partition coefficient (Wildman–Crippen LogP) is 1.06. The van der Waals surface area contributed by atoms with Crippen LogP contribution in [0, 0.1) is 6.92 Å². The van der Waals surface area contributed by atoms with Crippen LogP contribution in [0.1, 0.15) is 41.8 Å². The zero-order valence-corrected chi connectivity index (χ0v) is 14.9. The van der Waals surface area contributed by atoms with Gasteiger partial charge < -0.3 is 10.6 Å². The molecule has 2 aromatic heterocycles. The fourth-order valence-electron chi connectivity index (χ4n) is 2.25. The molecule has 2 rings (SSSR count). The van der Waals surface area contributed by atoms with Gasteiger partial charge in [-0.1, -0.05) is 13.3 Å². The quantitative estimate of drug-likeness (QED) is 0.695. The summed E-state index contributed by atoms with van der Waals surface area (Å²) in [6, 6.07) is 4.62. The van der Waals surface area contributed by atoms with Gasteiger partial charge in [0.2, 0.25) is 0 Å². The lowest BCUT2D eigenvalue weighted by atomic mass is 10.2. The monoisotopic (exact) mass is 344 g/mol. The Kier molecular flexibility index (Phi) is 6.62. The number of carbonyl (C=O) groups is 1. The molecular weight excluding hydrogens is 320 g/mol. The van der Waals surface area contributed by atoms with Gasteiger partial charge in [-0.3, -0.25) is 9.59 Å². The molecule has 0 aliphatic heterocycles. The maximum atomic E-state index is 12.0. The molecule has 2 aromatic rings. The SMILES string of the molecule is CCCCc1nc(C)cc(NCCNC(=O)c2ccc(=O)n(C)n2)n1. The van der Waals surface area contributed by atoms with E-state index in [0.29, 0.717) is 13.1 Å². The molecular formula is C17H24N6O2. The van der Waals surface area contributed by atoms with Crippen LogP contribution in [0.25, 0.3) is 0 Å². The van der Waals surface area contributed by atoms with Crippen LogP contribution in [0.2, 0.25) is 0 Å². The van der Waals surface area contributed by atoms with Gasteiger partial charge in [0.25, 0.3) is 11.5 Å². The van der Waals surface area contributed by atoms with Crippen molar-refractivity contribution in [1.29, 1.82) is 0 Å². The number of unbranched alkanes of at least 4 members (excludes halogenated alkanes) is 1. The predicted molar refractivity (Wildman–Crippen MR) is 95.7 cm³/mol. The lowest BCUT2D eigenvalue weighted by Gasteiger charge is -2.09. The van der Waals surface area contributed by atoms with E-state index in [1.807, 2.05) is 13.0 Å². The van der Waals surface area contributed by atoms with Crippen molar-refractivity contribution in [3.05, 3.63) is 45.8 Å². The van der Waals surface area contributed by atoms with E-state index >= 15 is 0 Å². The third-order valence-electron chi connectivity index (χ3n) is 3.56. The molecule has 0 saturated heterocycles. The summed E-state index contributed by atoms with van der Waals surface area (Å²) in [7, 11) is 1.51. The van der Waals surface area contributed by atoms with Crippen molar-refractivity contribution in [3.63, 3.8) is 0 Å². The molecule has 0 spiro atoms. The Labute approximate surface area is 146 Å². The minimum Gasteiger partial charge on any atom is -0.368 e. The highest BCUT2D eigenvalue weighted by Crippen LogP contribution is 2.08. The molecule has 0 aliphatic rings. The van der Waals surface area contributed by atoms with E-state index in [1.165, 1.54) is 19.2 Å². The third kappa shape index (κ3) is 5.66. The molecule has 0 fully saturated rings. The van der Waals surface area contributed by atoms with Crippen molar-refractivity contribution >= 4 is 11.7 Å². The number of amides is 1. The number of nitrogens with one attached hydrogen (secondary N) is 2. The lowest BCUT2D eigenvalue weighted by molar-refractivity contribution is 0.0948. The molecule has 1 amide bonds. The largest absolute Gasteiger partial charge is 0.368 e. The maximum absolute atomic E-state index is 12.0. The number of hydrogen-bond acceptors (Lipinski definition) is 6. The van der Waals surface area contributed by atoms with E-state index in [4.69, 9.17) is 0 Å². The van der Waals surface area contributed by atoms with Gasteiger partial charge in [-0.15, -0.1) is 0 Å². The Morgan fingerprint density at radius 1 is 1.24 bits per heavy atom. The number of hydrogen-bond donors (Lipinski definition) is 2. The van der Waals surface area contributed by atoms with Crippen molar-refractivity contribution in [2.45, 2.75) is 33.1 Å². The van der Waals surface area contributed by atoms with Crippen LogP contribution in [0.15, 0.2) is 23.0 Å². The number of aromatic nitrogens is 4. The van der Waals surface area contributed by atoms with Gasteiger partial charge in [0.1, 0.15) is 17.3 Å². The molecule has 0 aliphatic carbocycles. The summed E-state index contributed by atoms with van der Waals surface area (Å²) in [5.41, 5.74) is 0.875. The Balaban J connectivity index is 1.84. The number of rotatable bonds is 8. The van der Waals surface area contributed by atoms with E-state index < -0.39 is 0 Å². The zero-order chi connectivity index (χ0) is 18.2. The van der Waals surface area contributed by atoms with Crippen molar-refractivity contribution < 1.29 is 4.79 Å². The Hall–Kier alpha value is -2.77. The zero-order valence-electron chi connectivity index (χ0n) is 14.9. The number of nitrogens with zero attached hydrogens (tertiary/aromatic N) is 4. The highest BCUT2D eigenvalue weighted by molar-refractivity contribution is 5.91. The number of anilines is 1. The molecule has 2 heterocycles. The first-order valence-corrected chi connectivity index (χ1v) is 8.40. The average molecular weight is 344 g/mol. The third-order valence-corrected chi connectivity index (χ3v) is 3.56. The fraction of sp³-hybridized carbons (Fsp3) is 0.471. The second-order valence-corrected chi connectivity index (χ2v) is 5.78. The van der Waals surface area contributed by atoms with Gasteiger partial charge in [-0.25, -0.2) is 14.6 Å². The van der Waals surface area contributed by atoms with Crippen LogP contribution in [0.3, 0.4) is 0 Å². The van der Waals surface area contributed by atoms with Crippen LogP contribution < -0.4 is 16.2 Å². The average Bonchev–Trinajstić information content (AvgIpc) is 2.58. The molecule has 0 atom stereocenters. The smallest absolute Gasteiger partial charge is 0.271 e. The van der Waals surface area contributed by atoms with Gasteiger partial charge in [-0.05, 0) is 19.4 Å². The van der Waals surface area contributed by atoms with Gasteiger partial charge >= 0.3 is 0 Å². The van der Waals surface area contributed by atoms with E-state index in [9.17, 15) is 9.59 Å². The number of aryl methyl sites for hydroxylation is 3. The van der Waals surface area contributed by atoms with Crippen LogP contribution in [0.5, 0.6) is 0 Å². The molecule has 134 valence electrons. The van der Waals surface area contributed by atoms with Gasteiger partial charge in [0, 0.05) is 44.4 Å². The van der Waals surface area contributed by atoms with E-state index in [2.05, 4.69) is 32.6 Å². The normalized spacial score (nSPS) is 10.5. The summed E-state index contributed by atoms with van der Waals surface area (Å²) in [6.45, 7) is 5.02. The molecule has 0 radical (unpaired) electrons. The second kappa shape index (κ2) is 8.91. The van der Waals surface area contributed by atoms with Crippen LogP contribution in [0.4, 0.5) is 5.82 Å². The summed E-state index contributed by atoms with van der Waals surface area (Å²) < 4.78 is 1.13. The number of carbonyl (C=O) groups excluding carboxylic acids is 1. The van der Waals surface area contributed by atoms with Crippen molar-refractivity contribution in [2.75, 3.05) is 18.4 Å². The van der Waals surface area contributed by atoms with Crippen molar-refractivity contribution in [1.82, 2.24) is 25.1 Å². The van der Waals surface area contributed by atoms with Crippen molar-refractivity contribution in [3.8, 4) is 0 Å². The molecule has 8 heteroatoms. The van der Waals surface area contributed by atoms with Crippen LogP contribution in [-0.4, -0.2) is 38.7 Å². The molecule has 0 unspecified atom stereocenters. The first-order valence-electron chi connectivity index (χ1n) is 8.40. The van der Waals surface area contributed by atoms with E-state index in [1.54, 1.807) is 0 Å². The molecule has 0 saturated carbocycles. The first kappa shape index (κ1) is 18.6. The topological polar surface area (TPSA) is 102 Å². The van der Waals surface area contributed by atoms with Crippen LogP contribution >= 0.6 is 0 Å². The van der Waals surface area contributed by atoms with Crippen molar-refractivity contribution in [2.24, 2.45) is 7.05 Å². The summed E-state index contributed by atoms with van der Waals surface area (Å²) in [5.74, 6) is 1.27. The molecule has 0 aromatic carbocycles. The molecule has 2 N–H and O–H groups in total. The summed E-state index contributed by atoms with van der Waals surface area (Å²) in [4.78, 5) is 32.2. The first-order chi connectivity index (χ1) is 12.0. The summed E-state index contributed by atoms with van der Waals surface area (Å²) in [5, 5.41) is 9.86. The minimum absolute atomic E-state index is 0.210. The standard InChI is InChI=1S/C17H24N6O2/c1-4-5-6-14-20-12(2)11-15(21-14)18-9-10-19-17(25)13-7-8-16(24)23(3)22-13/h7-8,11H,4-6,9-10H2,1-3H3,(H,19,25)(H,18,20,21). The second-order valence-electron chi connectivity index (χ2n) is 5.78. The van der Waals surface area contributed by atoms with Gasteiger partial charge in [0.15, 0.2) is 0 Å². The Morgan fingerprint density at radius 2 is 2.04 bits per heavy atom. The molecule has 8 nitrogen and oxygen atoms in total. The fourth-order valence-corrected chi connectivity index (χ4v) is 2.25. The van der Waals surface area contributed by atoms with Crippen LogP contribution in [-0.2, 0) is 13.5 Å². The van der Waals surface area contributed by atoms with Gasteiger partial charge in [0.05, 0.1) is 0 Å². The lowest BCUT2D eigenvalue weighted by Crippen LogP contribution is -2.31. The Morgan fingerprint density at radius 3 is 2.76 bits per heavy atom. The minimum atomic E-state index is -0.320. The maximum Gasteiger partial charge on any atom is 0.271 e. The summed E-state index contributed by atoms with van der Waals surface area (Å²) in [6.07, 6.45) is 3.03. The molecule has 25 heavy (non-hydrogen) atoms.